The van der Waals surface area contributed by atoms with Crippen molar-refractivity contribution in [1.29, 1.82) is 0 Å². The van der Waals surface area contributed by atoms with E-state index >= 15 is 0 Å². The van der Waals surface area contributed by atoms with Crippen LogP contribution in [-0.2, 0) is 4.79 Å². The normalized spacial score (nSPS) is 16.3. The Hall–Kier alpha value is -1.11. The van der Waals surface area contributed by atoms with Crippen molar-refractivity contribution < 1.29 is 4.79 Å². The third kappa shape index (κ3) is 4.61. The van der Waals surface area contributed by atoms with Crippen molar-refractivity contribution in [2.75, 3.05) is 0 Å². The van der Waals surface area contributed by atoms with Gasteiger partial charge in [-0.05, 0) is 52.0 Å². The van der Waals surface area contributed by atoms with Crippen LogP contribution in [0.1, 0.15) is 52.9 Å². The van der Waals surface area contributed by atoms with Crippen LogP contribution in [0.2, 0.25) is 0 Å². The molecule has 1 rings (SSSR count). The van der Waals surface area contributed by atoms with E-state index in [0.29, 0.717) is 5.78 Å². The molecule has 0 N–H and O–H groups in total. The van der Waals surface area contributed by atoms with Crippen LogP contribution in [0.5, 0.6) is 0 Å². The Bertz CT molecular complexity index is 338. The predicted molar refractivity (Wildman–Crippen MR) is 69.4 cm³/mol. The second kappa shape index (κ2) is 6.47. The van der Waals surface area contributed by atoms with Gasteiger partial charge >= 0.3 is 0 Å². The molecule has 0 aliphatic heterocycles. The summed E-state index contributed by atoms with van der Waals surface area (Å²) in [6.07, 6.45) is 11.3. The quantitative estimate of drug-likeness (QED) is 0.627. The first-order valence-corrected chi connectivity index (χ1v) is 6.11. The van der Waals surface area contributed by atoms with Crippen LogP contribution < -0.4 is 0 Å². The van der Waals surface area contributed by atoms with Gasteiger partial charge in [-0.15, -0.1) is 0 Å². The van der Waals surface area contributed by atoms with Gasteiger partial charge in [0.25, 0.3) is 0 Å². The standard InChI is InChI=1S/C15H22O/c1-12(2)6-4-7-13(3)10-11-14-8-5-9-15(14)16/h6,8,10H,4-5,7,9,11H2,1-3H3/b13-10+. The minimum atomic E-state index is 0.341. The minimum absolute atomic E-state index is 0.341. The summed E-state index contributed by atoms with van der Waals surface area (Å²) in [5.41, 5.74) is 3.78. The predicted octanol–water partition coefficient (Wildman–Crippen LogP) is 4.36. The van der Waals surface area contributed by atoms with E-state index in [4.69, 9.17) is 0 Å². The summed E-state index contributed by atoms with van der Waals surface area (Å²) in [5, 5.41) is 0. The van der Waals surface area contributed by atoms with E-state index in [1.54, 1.807) is 0 Å². The van der Waals surface area contributed by atoms with Crippen LogP contribution in [0.25, 0.3) is 0 Å². The fourth-order valence-electron chi connectivity index (χ4n) is 1.82. The Labute approximate surface area is 98.9 Å². The average molecular weight is 218 g/mol. The molecule has 0 fully saturated rings. The van der Waals surface area contributed by atoms with Crippen molar-refractivity contribution in [2.24, 2.45) is 0 Å². The average Bonchev–Trinajstić information content (AvgIpc) is 2.60. The number of ketones is 1. The lowest BCUT2D eigenvalue weighted by Crippen LogP contribution is -1.94. The first-order valence-electron chi connectivity index (χ1n) is 6.11. The topological polar surface area (TPSA) is 17.1 Å². The molecular formula is C15H22O. The zero-order valence-electron chi connectivity index (χ0n) is 10.7. The Morgan fingerprint density at radius 3 is 2.62 bits per heavy atom. The largest absolute Gasteiger partial charge is 0.295 e. The molecule has 1 nitrogen and oxygen atoms in total. The number of hydrogen-bond donors (Lipinski definition) is 0. The van der Waals surface area contributed by atoms with Crippen LogP contribution in [0.4, 0.5) is 0 Å². The number of carbonyl (C=O) groups is 1. The van der Waals surface area contributed by atoms with Gasteiger partial charge in [-0.3, -0.25) is 4.79 Å². The molecule has 88 valence electrons. The molecule has 0 amide bonds. The maximum absolute atomic E-state index is 11.4. The minimum Gasteiger partial charge on any atom is -0.295 e. The van der Waals surface area contributed by atoms with Gasteiger partial charge in [0.05, 0.1) is 0 Å². The molecule has 1 aliphatic carbocycles. The summed E-state index contributed by atoms with van der Waals surface area (Å²) < 4.78 is 0. The van der Waals surface area contributed by atoms with Crippen LogP contribution in [0, 0.1) is 0 Å². The van der Waals surface area contributed by atoms with Gasteiger partial charge in [-0.1, -0.05) is 29.4 Å². The SMILES string of the molecule is CC(C)=CCC/C(C)=C/CC1=CCCC1=O. The highest BCUT2D eigenvalue weighted by Crippen LogP contribution is 2.19. The van der Waals surface area contributed by atoms with Gasteiger partial charge < -0.3 is 0 Å². The number of allylic oxidation sites excluding steroid dienone is 6. The molecule has 0 saturated carbocycles. The Balaban J connectivity index is 2.34. The summed E-state index contributed by atoms with van der Waals surface area (Å²) in [6, 6.07) is 0. The van der Waals surface area contributed by atoms with Crippen LogP contribution >= 0.6 is 0 Å². The second-order valence-corrected chi connectivity index (χ2v) is 4.77. The van der Waals surface area contributed by atoms with Crippen molar-refractivity contribution in [3.63, 3.8) is 0 Å². The Morgan fingerprint density at radius 2 is 2.06 bits per heavy atom. The zero-order chi connectivity index (χ0) is 12.0. The third-order valence-electron chi connectivity index (χ3n) is 2.88. The molecule has 0 aromatic heterocycles. The van der Waals surface area contributed by atoms with E-state index in [-0.39, 0.29) is 0 Å². The van der Waals surface area contributed by atoms with E-state index in [1.165, 1.54) is 11.1 Å². The molecule has 0 aromatic carbocycles. The maximum Gasteiger partial charge on any atom is 0.159 e. The van der Waals surface area contributed by atoms with Gasteiger partial charge in [0.1, 0.15) is 0 Å². The van der Waals surface area contributed by atoms with Crippen LogP contribution in [-0.4, -0.2) is 5.78 Å². The maximum atomic E-state index is 11.4. The van der Waals surface area contributed by atoms with Gasteiger partial charge in [0, 0.05) is 6.42 Å². The van der Waals surface area contributed by atoms with E-state index in [1.807, 2.05) is 0 Å². The highest BCUT2D eigenvalue weighted by Gasteiger charge is 2.12. The summed E-state index contributed by atoms with van der Waals surface area (Å²) >= 11 is 0. The van der Waals surface area contributed by atoms with Crippen molar-refractivity contribution in [3.8, 4) is 0 Å². The smallest absolute Gasteiger partial charge is 0.159 e. The van der Waals surface area contributed by atoms with E-state index in [0.717, 1.165) is 37.7 Å². The van der Waals surface area contributed by atoms with Crippen molar-refractivity contribution in [2.45, 2.75) is 52.9 Å². The lowest BCUT2D eigenvalue weighted by molar-refractivity contribution is -0.114. The highest BCUT2D eigenvalue weighted by atomic mass is 16.1. The highest BCUT2D eigenvalue weighted by molar-refractivity contribution is 5.97. The molecular weight excluding hydrogens is 196 g/mol. The monoisotopic (exact) mass is 218 g/mol. The van der Waals surface area contributed by atoms with Gasteiger partial charge in [0.2, 0.25) is 0 Å². The lowest BCUT2D eigenvalue weighted by atomic mass is 10.1. The molecule has 16 heavy (non-hydrogen) atoms. The fourth-order valence-corrected chi connectivity index (χ4v) is 1.82. The van der Waals surface area contributed by atoms with Gasteiger partial charge in [0.15, 0.2) is 5.78 Å². The molecule has 0 bridgehead atoms. The van der Waals surface area contributed by atoms with E-state index < -0.39 is 0 Å². The Morgan fingerprint density at radius 1 is 1.31 bits per heavy atom. The van der Waals surface area contributed by atoms with Crippen molar-refractivity contribution in [3.05, 3.63) is 34.9 Å². The fraction of sp³-hybridized carbons (Fsp3) is 0.533. The molecule has 0 aromatic rings. The Kier molecular flexibility index (Phi) is 5.24. The van der Waals surface area contributed by atoms with Gasteiger partial charge in [-0.25, -0.2) is 0 Å². The first kappa shape index (κ1) is 13.0. The van der Waals surface area contributed by atoms with Crippen molar-refractivity contribution >= 4 is 5.78 Å². The summed E-state index contributed by atoms with van der Waals surface area (Å²) in [4.78, 5) is 11.4. The molecule has 0 unspecified atom stereocenters. The second-order valence-electron chi connectivity index (χ2n) is 4.77. The first-order chi connectivity index (χ1) is 7.59. The van der Waals surface area contributed by atoms with Crippen LogP contribution in [0.15, 0.2) is 34.9 Å². The summed E-state index contributed by atoms with van der Waals surface area (Å²) in [6.45, 7) is 6.40. The molecule has 1 heteroatoms. The van der Waals surface area contributed by atoms with E-state index in [9.17, 15) is 4.79 Å². The molecule has 0 atom stereocenters. The molecule has 0 saturated heterocycles. The lowest BCUT2D eigenvalue weighted by Gasteiger charge is -2.00. The summed E-state index contributed by atoms with van der Waals surface area (Å²) in [5.74, 6) is 0.341. The van der Waals surface area contributed by atoms with Crippen LogP contribution in [0.3, 0.4) is 0 Å². The molecule has 0 heterocycles. The summed E-state index contributed by atoms with van der Waals surface area (Å²) in [7, 11) is 0. The van der Waals surface area contributed by atoms with Gasteiger partial charge in [-0.2, -0.15) is 0 Å². The number of Topliss-reactive ketones (excluding diaryl/α,β-unsaturated/α-hetero) is 1. The molecule has 0 spiro atoms. The van der Waals surface area contributed by atoms with E-state index in [2.05, 4.69) is 39.0 Å². The molecule has 0 radical (unpaired) electrons. The zero-order valence-corrected chi connectivity index (χ0v) is 10.7. The number of rotatable bonds is 5. The third-order valence-corrected chi connectivity index (χ3v) is 2.88. The molecule has 1 aliphatic rings. The van der Waals surface area contributed by atoms with Crippen molar-refractivity contribution in [1.82, 2.24) is 0 Å². The number of carbonyl (C=O) groups excluding carboxylic acids is 1. The number of hydrogen-bond acceptors (Lipinski definition) is 1.